The van der Waals surface area contributed by atoms with Crippen LogP contribution in [0.2, 0.25) is 0 Å². The van der Waals surface area contributed by atoms with E-state index in [2.05, 4.69) is 20.3 Å². The van der Waals surface area contributed by atoms with Gasteiger partial charge >= 0.3 is 0 Å². The van der Waals surface area contributed by atoms with Crippen LogP contribution in [0.5, 0.6) is 0 Å². The standard InChI is InChI=1S/C8H12N4O3/c9-6-5(11-15-12-6)7(14)10-3-8(4-13)1-2-8/h13H,1-4H2,(H2,9,12)(H,10,14). The van der Waals surface area contributed by atoms with Crippen LogP contribution in [0.4, 0.5) is 5.82 Å². The van der Waals surface area contributed by atoms with Crippen LogP contribution in [-0.2, 0) is 0 Å². The van der Waals surface area contributed by atoms with E-state index < -0.39 is 5.91 Å². The highest BCUT2D eigenvalue weighted by atomic mass is 16.6. The number of carbonyl (C=O) groups excluding carboxylic acids is 1. The number of aliphatic hydroxyl groups excluding tert-OH is 1. The zero-order chi connectivity index (χ0) is 10.9. The molecule has 1 aliphatic carbocycles. The van der Waals surface area contributed by atoms with Crippen LogP contribution >= 0.6 is 0 Å². The quantitative estimate of drug-likeness (QED) is 0.599. The Kier molecular flexibility index (Phi) is 2.31. The maximum absolute atomic E-state index is 11.5. The largest absolute Gasteiger partial charge is 0.396 e. The lowest BCUT2D eigenvalue weighted by molar-refractivity contribution is 0.0926. The van der Waals surface area contributed by atoms with Crippen molar-refractivity contribution in [3.8, 4) is 0 Å². The molecule has 1 saturated carbocycles. The number of nitrogens with two attached hydrogens (primary N) is 1. The van der Waals surface area contributed by atoms with Gasteiger partial charge in [-0.3, -0.25) is 4.79 Å². The summed E-state index contributed by atoms with van der Waals surface area (Å²) in [7, 11) is 0. The predicted octanol–water partition coefficient (Wildman–Crippen LogP) is -0.846. The van der Waals surface area contributed by atoms with Crippen LogP contribution in [0.15, 0.2) is 4.63 Å². The molecule has 4 N–H and O–H groups in total. The van der Waals surface area contributed by atoms with Crippen molar-refractivity contribution >= 4 is 11.7 Å². The molecule has 0 unspecified atom stereocenters. The number of amides is 1. The first-order chi connectivity index (χ1) is 7.17. The van der Waals surface area contributed by atoms with E-state index in [0.29, 0.717) is 6.54 Å². The molecule has 0 atom stereocenters. The average molecular weight is 212 g/mol. The summed E-state index contributed by atoms with van der Waals surface area (Å²) in [5, 5.41) is 18.3. The summed E-state index contributed by atoms with van der Waals surface area (Å²) in [5.74, 6) is -0.449. The molecule has 0 aromatic carbocycles. The first kappa shape index (κ1) is 9.91. The Bertz CT molecular complexity index is 372. The van der Waals surface area contributed by atoms with Crippen molar-refractivity contribution < 1.29 is 14.5 Å². The Morgan fingerprint density at radius 3 is 2.80 bits per heavy atom. The molecule has 0 saturated heterocycles. The fourth-order valence-electron chi connectivity index (χ4n) is 1.27. The Balaban J connectivity index is 1.91. The summed E-state index contributed by atoms with van der Waals surface area (Å²) >= 11 is 0. The molecule has 0 aliphatic heterocycles. The second kappa shape index (κ2) is 3.50. The van der Waals surface area contributed by atoms with Crippen molar-refractivity contribution in [2.45, 2.75) is 12.8 Å². The van der Waals surface area contributed by atoms with Crippen LogP contribution in [0.3, 0.4) is 0 Å². The Labute approximate surface area is 85.6 Å². The maximum Gasteiger partial charge on any atom is 0.277 e. The molecule has 0 bridgehead atoms. The van der Waals surface area contributed by atoms with Gasteiger partial charge in [0.25, 0.3) is 5.91 Å². The SMILES string of the molecule is Nc1nonc1C(=O)NCC1(CO)CC1. The normalized spacial score (nSPS) is 17.4. The number of hydrogen-bond donors (Lipinski definition) is 3. The fraction of sp³-hybridized carbons (Fsp3) is 0.625. The van der Waals surface area contributed by atoms with Gasteiger partial charge < -0.3 is 16.2 Å². The van der Waals surface area contributed by atoms with Crippen molar-refractivity contribution in [1.82, 2.24) is 15.6 Å². The second-order valence-corrected chi connectivity index (χ2v) is 3.84. The highest BCUT2D eigenvalue weighted by Crippen LogP contribution is 2.44. The van der Waals surface area contributed by atoms with Crippen molar-refractivity contribution in [3.63, 3.8) is 0 Å². The van der Waals surface area contributed by atoms with E-state index in [9.17, 15) is 4.79 Å². The van der Waals surface area contributed by atoms with Gasteiger partial charge in [0.05, 0.1) is 6.61 Å². The van der Waals surface area contributed by atoms with E-state index in [1.165, 1.54) is 0 Å². The van der Waals surface area contributed by atoms with E-state index in [4.69, 9.17) is 10.8 Å². The Hall–Kier alpha value is -1.63. The van der Waals surface area contributed by atoms with Crippen molar-refractivity contribution in [1.29, 1.82) is 0 Å². The zero-order valence-corrected chi connectivity index (χ0v) is 8.06. The minimum atomic E-state index is -0.423. The Morgan fingerprint density at radius 2 is 2.33 bits per heavy atom. The molecular weight excluding hydrogens is 200 g/mol. The minimum Gasteiger partial charge on any atom is -0.396 e. The van der Waals surface area contributed by atoms with Gasteiger partial charge in [-0.2, -0.15) is 0 Å². The number of nitrogens with zero attached hydrogens (tertiary/aromatic N) is 2. The molecule has 1 amide bonds. The number of hydrogen-bond acceptors (Lipinski definition) is 6. The summed E-state index contributed by atoms with van der Waals surface area (Å²) in [6, 6.07) is 0. The van der Waals surface area contributed by atoms with Crippen LogP contribution < -0.4 is 11.1 Å². The topological polar surface area (TPSA) is 114 Å². The fourth-order valence-corrected chi connectivity index (χ4v) is 1.27. The molecule has 0 spiro atoms. The number of nitrogen functional groups attached to an aromatic ring is 1. The molecule has 1 aromatic rings. The lowest BCUT2D eigenvalue weighted by Gasteiger charge is -2.11. The van der Waals surface area contributed by atoms with Gasteiger partial charge in [-0.1, -0.05) is 0 Å². The van der Waals surface area contributed by atoms with Gasteiger partial charge in [-0.25, -0.2) is 4.63 Å². The average Bonchev–Trinajstić information content (AvgIpc) is 2.91. The summed E-state index contributed by atoms with van der Waals surface area (Å²) in [6.45, 7) is 0.508. The van der Waals surface area contributed by atoms with Gasteiger partial charge in [-0.15, -0.1) is 0 Å². The molecular formula is C8H12N4O3. The van der Waals surface area contributed by atoms with Crippen molar-refractivity contribution in [2.75, 3.05) is 18.9 Å². The van der Waals surface area contributed by atoms with Crippen LogP contribution in [0, 0.1) is 5.41 Å². The number of aliphatic hydroxyl groups is 1. The van der Waals surface area contributed by atoms with E-state index >= 15 is 0 Å². The Morgan fingerprint density at radius 1 is 1.60 bits per heavy atom. The summed E-state index contributed by atoms with van der Waals surface area (Å²) in [6.07, 6.45) is 1.85. The molecule has 1 fully saturated rings. The molecule has 1 aromatic heterocycles. The van der Waals surface area contributed by atoms with Crippen LogP contribution in [0.25, 0.3) is 0 Å². The number of aromatic nitrogens is 2. The van der Waals surface area contributed by atoms with Gasteiger partial charge in [0, 0.05) is 12.0 Å². The second-order valence-electron chi connectivity index (χ2n) is 3.84. The molecule has 7 nitrogen and oxygen atoms in total. The van der Waals surface area contributed by atoms with Gasteiger partial charge in [-0.05, 0) is 23.2 Å². The molecule has 82 valence electrons. The highest BCUT2D eigenvalue weighted by molar-refractivity contribution is 5.95. The van der Waals surface area contributed by atoms with E-state index in [0.717, 1.165) is 12.8 Å². The summed E-state index contributed by atoms with van der Waals surface area (Å²) in [4.78, 5) is 11.5. The van der Waals surface area contributed by atoms with Crippen LogP contribution in [0.1, 0.15) is 23.3 Å². The maximum atomic E-state index is 11.5. The first-order valence-corrected chi connectivity index (χ1v) is 4.64. The molecule has 1 aliphatic rings. The van der Waals surface area contributed by atoms with E-state index in [1.54, 1.807) is 0 Å². The zero-order valence-electron chi connectivity index (χ0n) is 8.06. The van der Waals surface area contributed by atoms with Crippen molar-refractivity contribution in [3.05, 3.63) is 5.69 Å². The van der Waals surface area contributed by atoms with Gasteiger partial charge in [0.1, 0.15) is 0 Å². The third-order valence-corrected chi connectivity index (χ3v) is 2.65. The molecule has 0 radical (unpaired) electrons. The smallest absolute Gasteiger partial charge is 0.277 e. The van der Waals surface area contributed by atoms with Crippen LogP contribution in [-0.4, -0.2) is 34.5 Å². The predicted molar refractivity (Wildman–Crippen MR) is 49.8 cm³/mol. The van der Waals surface area contributed by atoms with Gasteiger partial charge in [0.2, 0.25) is 11.5 Å². The van der Waals surface area contributed by atoms with E-state index in [1.807, 2.05) is 0 Å². The molecule has 1 heterocycles. The molecule has 2 rings (SSSR count). The number of rotatable bonds is 4. The van der Waals surface area contributed by atoms with Gasteiger partial charge in [0.15, 0.2) is 0 Å². The third-order valence-electron chi connectivity index (χ3n) is 2.65. The third kappa shape index (κ3) is 1.91. The van der Waals surface area contributed by atoms with Crippen molar-refractivity contribution in [2.24, 2.45) is 5.41 Å². The molecule has 7 heteroatoms. The van der Waals surface area contributed by atoms with E-state index in [-0.39, 0.29) is 23.5 Å². The minimum absolute atomic E-state index is 0.0104. The summed E-state index contributed by atoms with van der Waals surface area (Å²) in [5.41, 5.74) is 5.20. The number of nitrogens with one attached hydrogen (secondary N) is 1. The monoisotopic (exact) mass is 212 g/mol. The molecule has 15 heavy (non-hydrogen) atoms. The first-order valence-electron chi connectivity index (χ1n) is 4.64. The lowest BCUT2D eigenvalue weighted by Crippen LogP contribution is -2.32. The highest BCUT2D eigenvalue weighted by Gasteiger charge is 2.42. The lowest BCUT2D eigenvalue weighted by atomic mass is 10.1. The number of carbonyl (C=O) groups is 1. The summed E-state index contributed by atoms with van der Waals surface area (Å²) < 4.78 is 4.31. The number of anilines is 1.